The second-order valence-corrected chi connectivity index (χ2v) is 6.42. The van der Waals surface area contributed by atoms with Crippen molar-refractivity contribution in [3.8, 4) is 0 Å². The van der Waals surface area contributed by atoms with Crippen LogP contribution in [0.1, 0.15) is 12.8 Å². The minimum atomic E-state index is -3.19. The number of nitrogens with zero attached hydrogens (tertiary/aromatic N) is 2. The fraction of sp³-hybridized carbons (Fsp3) is 1.00. The van der Waals surface area contributed by atoms with Gasteiger partial charge in [0.25, 0.3) is 10.2 Å². The lowest BCUT2D eigenvalue weighted by Gasteiger charge is -2.30. The van der Waals surface area contributed by atoms with Gasteiger partial charge in [-0.25, -0.2) is 0 Å². The van der Waals surface area contributed by atoms with Gasteiger partial charge >= 0.3 is 0 Å². The van der Waals surface area contributed by atoms with Crippen LogP contribution in [0.5, 0.6) is 0 Å². The number of hydrogen-bond acceptors (Lipinski definition) is 3. The lowest BCUT2D eigenvalue weighted by atomic mass is 10.4. The molecule has 1 N–H and O–H groups in total. The van der Waals surface area contributed by atoms with Crippen LogP contribution in [-0.4, -0.2) is 56.8 Å². The largest absolute Gasteiger partial charge is 0.314 e. The van der Waals surface area contributed by atoms with Crippen molar-refractivity contribution < 1.29 is 8.42 Å². The third-order valence-corrected chi connectivity index (χ3v) is 4.96. The molecule has 0 spiro atoms. The van der Waals surface area contributed by atoms with Crippen LogP contribution in [0, 0.1) is 5.92 Å². The molecule has 1 aliphatic heterocycles. The van der Waals surface area contributed by atoms with Gasteiger partial charge in [-0.15, -0.1) is 0 Å². The van der Waals surface area contributed by atoms with Crippen molar-refractivity contribution in [2.75, 3.05) is 39.8 Å². The Morgan fingerprint density at radius 2 is 1.93 bits per heavy atom. The van der Waals surface area contributed by atoms with Crippen molar-refractivity contribution in [3.05, 3.63) is 0 Å². The van der Waals surface area contributed by atoms with Crippen molar-refractivity contribution in [2.45, 2.75) is 12.8 Å². The molecule has 0 bridgehead atoms. The van der Waals surface area contributed by atoms with Gasteiger partial charge in [0.05, 0.1) is 0 Å². The van der Waals surface area contributed by atoms with Crippen LogP contribution in [0.15, 0.2) is 0 Å². The molecular weight excluding hydrogens is 214 g/mol. The van der Waals surface area contributed by atoms with E-state index < -0.39 is 10.2 Å². The summed E-state index contributed by atoms with van der Waals surface area (Å²) in [5.41, 5.74) is 0. The molecule has 1 heterocycles. The molecule has 0 amide bonds. The minimum absolute atomic E-state index is 0.595. The number of rotatable bonds is 4. The Balaban J connectivity index is 1.96. The molecule has 2 aliphatic rings. The molecule has 0 radical (unpaired) electrons. The van der Waals surface area contributed by atoms with Gasteiger partial charge < -0.3 is 5.32 Å². The van der Waals surface area contributed by atoms with Crippen LogP contribution < -0.4 is 5.32 Å². The van der Waals surface area contributed by atoms with Gasteiger partial charge in [-0.1, -0.05) is 0 Å². The number of hydrogen-bond donors (Lipinski definition) is 1. The number of piperazine rings is 1. The molecule has 1 saturated carbocycles. The second-order valence-electron chi connectivity index (χ2n) is 4.38. The smallest absolute Gasteiger partial charge is 0.281 e. The van der Waals surface area contributed by atoms with Crippen molar-refractivity contribution in [3.63, 3.8) is 0 Å². The van der Waals surface area contributed by atoms with Crippen molar-refractivity contribution in [1.82, 2.24) is 13.9 Å². The fourth-order valence-electron chi connectivity index (χ4n) is 1.83. The molecule has 5 nitrogen and oxygen atoms in total. The maximum absolute atomic E-state index is 12.1. The summed E-state index contributed by atoms with van der Waals surface area (Å²) in [6.07, 6.45) is 2.36. The Hall–Kier alpha value is -0.170. The number of nitrogens with one attached hydrogen (secondary N) is 1. The summed E-state index contributed by atoms with van der Waals surface area (Å²) in [5.74, 6) is 0.604. The molecule has 15 heavy (non-hydrogen) atoms. The first kappa shape index (κ1) is 11.3. The highest BCUT2D eigenvalue weighted by Crippen LogP contribution is 2.30. The molecule has 0 aromatic heterocycles. The molecule has 2 rings (SSSR count). The summed E-state index contributed by atoms with van der Waals surface area (Å²) in [4.78, 5) is 0. The third kappa shape index (κ3) is 2.69. The summed E-state index contributed by atoms with van der Waals surface area (Å²) in [6, 6.07) is 0. The van der Waals surface area contributed by atoms with E-state index in [0.29, 0.717) is 25.6 Å². The van der Waals surface area contributed by atoms with Crippen LogP contribution in [0.3, 0.4) is 0 Å². The molecule has 0 unspecified atom stereocenters. The molecule has 1 saturated heterocycles. The van der Waals surface area contributed by atoms with E-state index in [1.165, 1.54) is 17.1 Å². The van der Waals surface area contributed by atoms with Crippen LogP contribution in [0.2, 0.25) is 0 Å². The Morgan fingerprint density at radius 1 is 1.33 bits per heavy atom. The first-order valence-electron chi connectivity index (χ1n) is 5.53. The van der Waals surface area contributed by atoms with Crippen molar-refractivity contribution >= 4 is 10.2 Å². The predicted octanol–water partition coefficient (Wildman–Crippen LogP) is -0.522. The molecule has 0 aromatic carbocycles. The Labute approximate surface area is 91.6 Å². The average molecular weight is 233 g/mol. The summed E-state index contributed by atoms with van der Waals surface area (Å²) < 4.78 is 27.2. The minimum Gasteiger partial charge on any atom is -0.314 e. The van der Waals surface area contributed by atoms with Crippen molar-refractivity contribution in [1.29, 1.82) is 0 Å². The van der Waals surface area contributed by atoms with Gasteiger partial charge in [-0.3, -0.25) is 0 Å². The zero-order valence-electron chi connectivity index (χ0n) is 9.15. The molecule has 88 valence electrons. The van der Waals surface area contributed by atoms with Gasteiger partial charge in [0, 0.05) is 39.8 Å². The zero-order valence-corrected chi connectivity index (χ0v) is 9.96. The van der Waals surface area contributed by atoms with E-state index in [1.54, 1.807) is 11.4 Å². The van der Waals surface area contributed by atoms with E-state index in [9.17, 15) is 8.42 Å². The first-order chi connectivity index (χ1) is 7.10. The van der Waals surface area contributed by atoms with Gasteiger partial charge in [0.2, 0.25) is 0 Å². The molecule has 2 fully saturated rings. The maximum Gasteiger partial charge on any atom is 0.281 e. The van der Waals surface area contributed by atoms with Gasteiger partial charge in [0.15, 0.2) is 0 Å². The Kier molecular flexibility index (Phi) is 3.30. The van der Waals surface area contributed by atoms with Crippen LogP contribution in [-0.2, 0) is 10.2 Å². The van der Waals surface area contributed by atoms with E-state index in [4.69, 9.17) is 0 Å². The summed E-state index contributed by atoms with van der Waals surface area (Å²) in [5, 5.41) is 3.15. The topological polar surface area (TPSA) is 52.7 Å². The summed E-state index contributed by atoms with van der Waals surface area (Å²) in [6.45, 7) is 3.40. The zero-order chi connectivity index (χ0) is 10.9. The third-order valence-electron chi connectivity index (χ3n) is 3.01. The normalized spacial score (nSPS) is 24.7. The Morgan fingerprint density at radius 3 is 2.47 bits per heavy atom. The molecule has 0 atom stereocenters. The van der Waals surface area contributed by atoms with Crippen molar-refractivity contribution in [2.24, 2.45) is 5.92 Å². The SMILES string of the molecule is CN(CC1CC1)S(=O)(=O)N1CCNCC1. The standard InChI is InChI=1S/C9H19N3O2S/c1-11(8-9-2-3-9)15(13,14)12-6-4-10-5-7-12/h9-10H,2-8H2,1H3. The van der Waals surface area contributed by atoms with Gasteiger partial charge in [0.1, 0.15) is 0 Å². The predicted molar refractivity (Wildman–Crippen MR) is 58.7 cm³/mol. The van der Waals surface area contributed by atoms with E-state index in [0.717, 1.165) is 13.1 Å². The van der Waals surface area contributed by atoms with Crippen LogP contribution in [0.25, 0.3) is 0 Å². The van der Waals surface area contributed by atoms with Crippen LogP contribution >= 0.6 is 0 Å². The maximum atomic E-state index is 12.1. The van der Waals surface area contributed by atoms with E-state index in [-0.39, 0.29) is 0 Å². The monoisotopic (exact) mass is 233 g/mol. The lowest BCUT2D eigenvalue weighted by Crippen LogP contribution is -2.51. The Bertz CT molecular complexity index is 307. The molecular formula is C9H19N3O2S. The lowest BCUT2D eigenvalue weighted by molar-refractivity contribution is 0.323. The van der Waals surface area contributed by atoms with E-state index in [1.807, 2.05) is 0 Å². The van der Waals surface area contributed by atoms with E-state index >= 15 is 0 Å². The average Bonchev–Trinajstić information content (AvgIpc) is 3.03. The fourth-order valence-corrected chi connectivity index (χ4v) is 3.27. The summed E-state index contributed by atoms with van der Waals surface area (Å²) >= 11 is 0. The quantitative estimate of drug-likeness (QED) is 0.711. The second kappa shape index (κ2) is 4.37. The highest BCUT2D eigenvalue weighted by Gasteiger charge is 2.32. The molecule has 6 heteroatoms. The first-order valence-corrected chi connectivity index (χ1v) is 6.92. The highest BCUT2D eigenvalue weighted by molar-refractivity contribution is 7.86. The van der Waals surface area contributed by atoms with E-state index in [2.05, 4.69) is 5.32 Å². The molecule has 0 aromatic rings. The van der Waals surface area contributed by atoms with Gasteiger partial charge in [-0.05, 0) is 18.8 Å². The summed E-state index contributed by atoms with van der Waals surface area (Å²) in [7, 11) is -1.50. The van der Waals surface area contributed by atoms with Crippen LogP contribution in [0.4, 0.5) is 0 Å². The van der Waals surface area contributed by atoms with Gasteiger partial charge in [-0.2, -0.15) is 17.0 Å². The highest BCUT2D eigenvalue weighted by atomic mass is 32.2. The molecule has 1 aliphatic carbocycles.